The zero-order valence-electron chi connectivity index (χ0n) is 19.3. The molecule has 0 fully saturated rings. The van der Waals surface area contributed by atoms with E-state index in [0.29, 0.717) is 0 Å². The van der Waals surface area contributed by atoms with Gasteiger partial charge in [-0.25, -0.2) is 9.97 Å². The molecule has 0 spiro atoms. The van der Waals surface area contributed by atoms with Gasteiger partial charge < -0.3 is 11.5 Å². The molecule has 0 amide bonds. The lowest BCUT2D eigenvalue weighted by Crippen LogP contribution is -2.22. The van der Waals surface area contributed by atoms with Gasteiger partial charge in [-0.2, -0.15) is 10.2 Å². The normalized spacial score (nSPS) is 10.4. The van der Waals surface area contributed by atoms with Crippen molar-refractivity contribution in [3.8, 4) is 22.2 Å². The number of thiazole rings is 1. The second kappa shape index (κ2) is 10.2. The molecule has 35 heavy (non-hydrogen) atoms. The van der Waals surface area contributed by atoms with Gasteiger partial charge in [0.25, 0.3) is 5.56 Å². The van der Waals surface area contributed by atoms with Gasteiger partial charge in [-0.1, -0.05) is 43.3 Å². The number of hydrogen-bond donors (Lipinski definition) is 2. The Balaban J connectivity index is 0.000000243. The van der Waals surface area contributed by atoms with E-state index in [1.165, 1.54) is 6.20 Å². The highest BCUT2D eigenvalue weighted by Gasteiger charge is 2.15. The van der Waals surface area contributed by atoms with E-state index in [-0.39, 0.29) is 22.9 Å². The van der Waals surface area contributed by atoms with Crippen LogP contribution in [0.1, 0.15) is 23.2 Å². The van der Waals surface area contributed by atoms with E-state index < -0.39 is 0 Å². The summed E-state index contributed by atoms with van der Waals surface area (Å²) < 4.78 is 1.83. The third-order valence-electron chi connectivity index (χ3n) is 5.34. The van der Waals surface area contributed by atoms with Crippen LogP contribution < -0.4 is 17.0 Å². The van der Waals surface area contributed by atoms with E-state index in [2.05, 4.69) is 27.9 Å². The lowest BCUT2D eigenvalue weighted by Gasteiger charge is -2.15. The molecule has 0 aliphatic carbocycles. The molecule has 3 heterocycles. The van der Waals surface area contributed by atoms with E-state index in [0.717, 1.165) is 44.0 Å². The summed E-state index contributed by atoms with van der Waals surface area (Å²) in [5, 5.41) is 11.1. The first-order valence-electron chi connectivity index (χ1n) is 10.9. The van der Waals surface area contributed by atoms with Crippen molar-refractivity contribution in [2.45, 2.75) is 20.3 Å². The number of rotatable bonds is 3. The second-order valence-electron chi connectivity index (χ2n) is 7.62. The summed E-state index contributed by atoms with van der Waals surface area (Å²) in [5.41, 5.74) is 13.6. The highest BCUT2D eigenvalue weighted by Crippen LogP contribution is 2.31. The number of benzene rings is 2. The van der Waals surface area contributed by atoms with Crippen molar-refractivity contribution in [2.75, 3.05) is 11.5 Å². The van der Waals surface area contributed by atoms with Crippen LogP contribution in [0.4, 0.5) is 11.8 Å². The van der Waals surface area contributed by atoms with Gasteiger partial charge in [0.2, 0.25) is 5.95 Å². The van der Waals surface area contributed by atoms with Crippen molar-refractivity contribution < 1.29 is 0 Å². The molecule has 8 nitrogen and oxygen atoms in total. The molecule has 4 N–H and O–H groups in total. The number of nitrogens with zero attached hydrogens (tertiary/aromatic N) is 5. The van der Waals surface area contributed by atoms with Crippen LogP contribution >= 0.6 is 11.3 Å². The van der Waals surface area contributed by atoms with Crippen molar-refractivity contribution >= 4 is 33.9 Å². The van der Waals surface area contributed by atoms with Crippen molar-refractivity contribution in [3.63, 3.8) is 0 Å². The van der Waals surface area contributed by atoms with E-state index in [4.69, 9.17) is 16.7 Å². The standard InChI is InChI=1S/C21H18N2OS.C5H5N5/c1-3-16-12-15-8-7-11-18(19-13-22-14(2)25-19)20(15)21(24)23(16)17-9-5-4-6-10-17;6-1-3-2-9-5(8)10-4(3)7/h4-13H,3H2,1-2H3;2H,(H4,7,8,9,10). The van der Waals surface area contributed by atoms with Gasteiger partial charge in [0.05, 0.1) is 21.5 Å². The summed E-state index contributed by atoms with van der Waals surface area (Å²) in [4.78, 5) is 26.0. The number of hydrogen-bond acceptors (Lipinski definition) is 8. The van der Waals surface area contributed by atoms with Gasteiger partial charge in [0, 0.05) is 23.1 Å². The maximum atomic E-state index is 13.5. The molecular formula is C26H23N7OS. The van der Waals surface area contributed by atoms with Crippen LogP contribution in [-0.2, 0) is 6.42 Å². The van der Waals surface area contributed by atoms with Gasteiger partial charge in [-0.05, 0) is 36.9 Å². The molecular weight excluding hydrogens is 458 g/mol. The van der Waals surface area contributed by atoms with E-state index >= 15 is 0 Å². The minimum atomic E-state index is 0.0298. The molecule has 3 aromatic heterocycles. The zero-order chi connectivity index (χ0) is 24.9. The largest absolute Gasteiger partial charge is 0.382 e. The third kappa shape index (κ3) is 4.88. The first-order valence-corrected chi connectivity index (χ1v) is 11.7. The minimum absolute atomic E-state index is 0.0298. The Morgan fingerprint density at radius 3 is 2.46 bits per heavy atom. The van der Waals surface area contributed by atoms with Crippen LogP contribution in [0.5, 0.6) is 0 Å². The van der Waals surface area contributed by atoms with Crippen molar-refractivity contribution in [1.29, 1.82) is 5.26 Å². The predicted octanol–water partition coefficient (Wildman–Crippen LogP) is 4.50. The average molecular weight is 482 g/mol. The van der Waals surface area contributed by atoms with Crippen LogP contribution in [-0.4, -0.2) is 19.5 Å². The summed E-state index contributed by atoms with van der Waals surface area (Å²) >= 11 is 1.62. The number of aromatic nitrogens is 4. The Labute approximate surface area is 206 Å². The zero-order valence-corrected chi connectivity index (χ0v) is 20.1. The molecule has 5 rings (SSSR count). The van der Waals surface area contributed by atoms with Crippen molar-refractivity contribution in [3.05, 3.63) is 93.6 Å². The molecule has 0 saturated heterocycles. The molecule has 0 aliphatic heterocycles. The first kappa shape index (κ1) is 23.6. The number of pyridine rings is 1. The van der Waals surface area contributed by atoms with Gasteiger partial charge in [-0.15, -0.1) is 11.3 Å². The molecule has 0 bridgehead atoms. The Kier molecular flexibility index (Phi) is 6.85. The monoisotopic (exact) mass is 481 g/mol. The maximum absolute atomic E-state index is 13.5. The fraction of sp³-hybridized carbons (Fsp3) is 0.115. The minimum Gasteiger partial charge on any atom is -0.382 e. The first-order chi connectivity index (χ1) is 16.9. The summed E-state index contributed by atoms with van der Waals surface area (Å²) in [6.45, 7) is 4.06. The lowest BCUT2D eigenvalue weighted by atomic mass is 10.0. The van der Waals surface area contributed by atoms with Crippen LogP contribution in [0.2, 0.25) is 0 Å². The number of aryl methyl sites for hydroxylation is 2. The molecule has 5 aromatic rings. The Morgan fingerprint density at radius 2 is 1.83 bits per heavy atom. The number of anilines is 2. The van der Waals surface area contributed by atoms with Gasteiger partial charge in [0.15, 0.2) is 0 Å². The summed E-state index contributed by atoms with van der Waals surface area (Å²) in [7, 11) is 0. The lowest BCUT2D eigenvalue weighted by molar-refractivity contribution is 0.889. The van der Waals surface area contributed by atoms with Crippen LogP contribution in [0, 0.1) is 18.3 Å². The number of nitriles is 1. The fourth-order valence-corrected chi connectivity index (χ4v) is 4.53. The molecule has 0 aliphatic rings. The Bertz CT molecular complexity index is 1600. The molecule has 0 saturated carbocycles. The quantitative estimate of drug-likeness (QED) is 0.387. The van der Waals surface area contributed by atoms with E-state index in [1.807, 2.05) is 72.3 Å². The van der Waals surface area contributed by atoms with Crippen LogP contribution in [0.15, 0.2) is 71.8 Å². The molecule has 0 radical (unpaired) electrons. The number of nitrogens with two attached hydrogens (primary N) is 2. The van der Waals surface area contributed by atoms with Crippen molar-refractivity contribution in [1.82, 2.24) is 19.5 Å². The van der Waals surface area contributed by atoms with Crippen molar-refractivity contribution in [2.24, 2.45) is 0 Å². The molecule has 0 unspecified atom stereocenters. The molecule has 2 aromatic carbocycles. The Morgan fingerprint density at radius 1 is 1.06 bits per heavy atom. The molecule has 9 heteroatoms. The summed E-state index contributed by atoms with van der Waals surface area (Å²) in [5.74, 6) is 0.200. The summed E-state index contributed by atoms with van der Waals surface area (Å²) in [6.07, 6.45) is 3.94. The number of nitrogen functional groups attached to an aromatic ring is 2. The number of fused-ring (bicyclic) bond motifs is 1. The topological polar surface area (TPSA) is 136 Å². The van der Waals surface area contributed by atoms with Gasteiger partial charge >= 0.3 is 0 Å². The predicted molar refractivity (Wildman–Crippen MR) is 140 cm³/mol. The molecule has 0 atom stereocenters. The maximum Gasteiger partial charge on any atom is 0.263 e. The highest BCUT2D eigenvalue weighted by molar-refractivity contribution is 7.15. The highest BCUT2D eigenvalue weighted by atomic mass is 32.1. The Hall–Kier alpha value is -4.55. The SMILES string of the molecule is CCc1cc2cccc(-c3cnc(C)s3)c2c(=O)n1-c1ccccc1.N#Cc1cnc(N)nc1N. The van der Waals surface area contributed by atoms with Crippen LogP contribution in [0.25, 0.3) is 26.9 Å². The average Bonchev–Trinajstić information content (AvgIpc) is 3.30. The number of para-hydroxylation sites is 1. The van der Waals surface area contributed by atoms with E-state index in [9.17, 15) is 4.79 Å². The second-order valence-corrected chi connectivity index (χ2v) is 8.85. The summed E-state index contributed by atoms with van der Waals surface area (Å²) in [6, 6.07) is 19.8. The molecule has 174 valence electrons. The van der Waals surface area contributed by atoms with Gasteiger partial charge in [-0.3, -0.25) is 9.36 Å². The van der Waals surface area contributed by atoms with Gasteiger partial charge in [0.1, 0.15) is 17.5 Å². The van der Waals surface area contributed by atoms with E-state index in [1.54, 1.807) is 11.3 Å². The van der Waals surface area contributed by atoms with Crippen LogP contribution in [0.3, 0.4) is 0 Å². The smallest absolute Gasteiger partial charge is 0.263 e. The fourth-order valence-electron chi connectivity index (χ4n) is 3.72. The third-order valence-corrected chi connectivity index (χ3v) is 6.29.